The van der Waals surface area contributed by atoms with E-state index in [2.05, 4.69) is 5.32 Å². The standard InChI is InChI=1S/C25H36N2O3S/c28-24(26-25-16-20-13-21(17-25)15-22(14-20)18-25)23-8-10-27(11-9-23)31(29,30)12-4-7-19-5-2-1-3-6-19/h1-3,5-6,20-23H,4,7-18H2,(H,26,28). The summed E-state index contributed by atoms with van der Waals surface area (Å²) in [6.45, 7) is 0.958. The smallest absolute Gasteiger partial charge is 0.223 e. The molecule has 31 heavy (non-hydrogen) atoms. The van der Waals surface area contributed by atoms with Gasteiger partial charge in [-0.2, -0.15) is 0 Å². The summed E-state index contributed by atoms with van der Waals surface area (Å²) in [5.74, 6) is 2.77. The zero-order valence-corrected chi connectivity index (χ0v) is 19.3. The molecular weight excluding hydrogens is 408 g/mol. The predicted molar refractivity (Wildman–Crippen MR) is 122 cm³/mol. The van der Waals surface area contributed by atoms with Crippen LogP contribution < -0.4 is 5.32 Å². The normalized spacial score (nSPS) is 33.5. The van der Waals surface area contributed by atoms with Crippen LogP contribution >= 0.6 is 0 Å². The SMILES string of the molecule is O=C(NC12CC3CC(CC(C3)C1)C2)C1CCN(S(=O)(=O)CCCc2ccccc2)CC1. The third-order valence-corrected chi connectivity index (χ3v) is 10.3. The van der Waals surface area contributed by atoms with Gasteiger partial charge in [-0.25, -0.2) is 12.7 Å². The molecule has 4 saturated carbocycles. The number of benzene rings is 1. The van der Waals surface area contributed by atoms with Crippen LogP contribution in [0, 0.1) is 23.7 Å². The fourth-order valence-corrected chi connectivity index (χ4v) is 8.79. The highest BCUT2D eigenvalue weighted by atomic mass is 32.2. The molecule has 1 aliphatic heterocycles. The summed E-state index contributed by atoms with van der Waals surface area (Å²) < 4.78 is 27.2. The van der Waals surface area contributed by atoms with E-state index in [1.165, 1.54) is 44.1 Å². The number of hydrogen-bond donors (Lipinski definition) is 1. The molecule has 0 aromatic heterocycles. The molecule has 1 aromatic rings. The highest BCUT2D eigenvalue weighted by molar-refractivity contribution is 7.89. The lowest BCUT2D eigenvalue weighted by Gasteiger charge is -2.57. The lowest BCUT2D eigenvalue weighted by atomic mass is 9.53. The molecule has 0 unspecified atom stereocenters. The van der Waals surface area contributed by atoms with Crippen molar-refractivity contribution in [3.63, 3.8) is 0 Å². The van der Waals surface area contributed by atoms with Gasteiger partial charge in [0.1, 0.15) is 0 Å². The molecule has 6 rings (SSSR count). The van der Waals surface area contributed by atoms with Crippen molar-refractivity contribution < 1.29 is 13.2 Å². The maximum absolute atomic E-state index is 13.1. The molecule has 1 saturated heterocycles. The summed E-state index contributed by atoms with van der Waals surface area (Å²) in [4.78, 5) is 13.1. The van der Waals surface area contributed by atoms with Crippen molar-refractivity contribution in [2.24, 2.45) is 23.7 Å². The minimum atomic E-state index is -3.24. The summed E-state index contributed by atoms with van der Waals surface area (Å²) in [5.41, 5.74) is 1.23. The van der Waals surface area contributed by atoms with Crippen LogP contribution in [0.25, 0.3) is 0 Å². The molecule has 5 fully saturated rings. The van der Waals surface area contributed by atoms with Crippen LogP contribution in [0.3, 0.4) is 0 Å². The Labute approximate surface area is 187 Å². The van der Waals surface area contributed by atoms with Gasteiger partial charge in [0.05, 0.1) is 5.75 Å². The number of aryl methyl sites for hydroxylation is 1. The average Bonchev–Trinajstić information content (AvgIpc) is 2.73. The average molecular weight is 445 g/mol. The lowest BCUT2D eigenvalue weighted by molar-refractivity contribution is -0.132. The Kier molecular flexibility index (Phi) is 5.89. The zero-order valence-electron chi connectivity index (χ0n) is 18.5. The molecule has 4 bridgehead atoms. The Morgan fingerprint density at radius 1 is 0.968 bits per heavy atom. The summed E-state index contributed by atoms with van der Waals surface area (Å²) in [6.07, 6.45) is 10.3. The summed E-state index contributed by atoms with van der Waals surface area (Å²) in [6, 6.07) is 10.0. The molecule has 5 aliphatic rings. The monoisotopic (exact) mass is 444 g/mol. The van der Waals surface area contributed by atoms with Crippen LogP contribution in [-0.4, -0.2) is 43.0 Å². The van der Waals surface area contributed by atoms with Gasteiger partial charge in [-0.3, -0.25) is 4.79 Å². The van der Waals surface area contributed by atoms with Gasteiger partial charge in [0.2, 0.25) is 15.9 Å². The summed E-state index contributed by atoms with van der Waals surface area (Å²) in [7, 11) is -3.24. The van der Waals surface area contributed by atoms with Crippen LogP contribution in [0.5, 0.6) is 0 Å². The van der Waals surface area contributed by atoms with Crippen molar-refractivity contribution in [1.82, 2.24) is 9.62 Å². The Balaban J connectivity index is 1.10. The number of amides is 1. The first-order valence-corrected chi connectivity index (χ1v) is 13.9. The minimum absolute atomic E-state index is 0.0382. The number of carbonyl (C=O) groups excluding carboxylic acids is 1. The molecule has 0 spiro atoms. The summed E-state index contributed by atoms with van der Waals surface area (Å²) in [5, 5.41) is 3.49. The predicted octanol–water partition coefficient (Wildman–Crippen LogP) is 3.75. The first-order valence-electron chi connectivity index (χ1n) is 12.2. The van der Waals surface area contributed by atoms with E-state index in [0.717, 1.165) is 24.2 Å². The van der Waals surface area contributed by atoms with Gasteiger partial charge in [-0.1, -0.05) is 30.3 Å². The molecule has 4 aliphatic carbocycles. The van der Waals surface area contributed by atoms with Crippen LogP contribution in [0.2, 0.25) is 0 Å². The van der Waals surface area contributed by atoms with E-state index < -0.39 is 10.0 Å². The molecule has 1 aromatic carbocycles. The third-order valence-electron chi connectivity index (χ3n) is 8.36. The molecule has 0 radical (unpaired) electrons. The molecule has 6 heteroatoms. The zero-order chi connectivity index (χ0) is 21.5. The summed E-state index contributed by atoms with van der Waals surface area (Å²) >= 11 is 0. The lowest BCUT2D eigenvalue weighted by Crippen LogP contribution is -2.61. The number of piperidine rings is 1. The molecule has 170 valence electrons. The molecule has 0 atom stereocenters. The van der Waals surface area contributed by atoms with E-state index in [9.17, 15) is 13.2 Å². The van der Waals surface area contributed by atoms with Crippen LogP contribution in [0.4, 0.5) is 0 Å². The van der Waals surface area contributed by atoms with E-state index in [4.69, 9.17) is 0 Å². The number of carbonyl (C=O) groups is 1. The van der Waals surface area contributed by atoms with Gasteiger partial charge in [-0.15, -0.1) is 0 Å². The van der Waals surface area contributed by atoms with Gasteiger partial charge < -0.3 is 5.32 Å². The first kappa shape index (κ1) is 21.4. The Bertz CT molecular complexity index is 855. The fourth-order valence-electron chi connectivity index (χ4n) is 7.26. The van der Waals surface area contributed by atoms with Gasteiger partial charge in [0, 0.05) is 24.5 Å². The minimum Gasteiger partial charge on any atom is -0.350 e. The molecule has 1 N–H and O–H groups in total. The van der Waals surface area contributed by atoms with Crippen molar-refractivity contribution in [3.8, 4) is 0 Å². The van der Waals surface area contributed by atoms with E-state index in [1.54, 1.807) is 4.31 Å². The maximum Gasteiger partial charge on any atom is 0.223 e. The highest BCUT2D eigenvalue weighted by Crippen LogP contribution is 2.55. The van der Waals surface area contributed by atoms with Crippen LogP contribution in [-0.2, 0) is 21.2 Å². The molecule has 5 nitrogen and oxygen atoms in total. The maximum atomic E-state index is 13.1. The van der Waals surface area contributed by atoms with Crippen LogP contribution in [0.1, 0.15) is 63.4 Å². The van der Waals surface area contributed by atoms with Crippen molar-refractivity contribution >= 4 is 15.9 Å². The second-order valence-electron chi connectivity index (χ2n) is 10.8. The fraction of sp³-hybridized carbons (Fsp3) is 0.720. The third kappa shape index (κ3) is 4.70. The number of hydrogen-bond acceptors (Lipinski definition) is 3. The molecule has 1 amide bonds. The van der Waals surface area contributed by atoms with Gasteiger partial charge in [-0.05, 0) is 87.5 Å². The molecular formula is C25H36N2O3S. The van der Waals surface area contributed by atoms with Crippen LogP contribution in [0.15, 0.2) is 30.3 Å². The first-order chi connectivity index (χ1) is 14.9. The van der Waals surface area contributed by atoms with E-state index in [-0.39, 0.29) is 23.1 Å². The van der Waals surface area contributed by atoms with Crippen molar-refractivity contribution in [2.45, 2.75) is 69.7 Å². The molecule has 1 heterocycles. The quantitative estimate of drug-likeness (QED) is 0.697. The number of nitrogens with zero attached hydrogens (tertiary/aromatic N) is 1. The number of rotatable bonds is 7. The highest BCUT2D eigenvalue weighted by Gasteiger charge is 2.52. The van der Waals surface area contributed by atoms with E-state index in [0.29, 0.717) is 32.4 Å². The second-order valence-corrected chi connectivity index (χ2v) is 12.9. The van der Waals surface area contributed by atoms with Crippen molar-refractivity contribution in [1.29, 1.82) is 0 Å². The van der Waals surface area contributed by atoms with E-state index >= 15 is 0 Å². The van der Waals surface area contributed by atoms with Crippen molar-refractivity contribution in [3.05, 3.63) is 35.9 Å². The van der Waals surface area contributed by atoms with Gasteiger partial charge >= 0.3 is 0 Å². The van der Waals surface area contributed by atoms with Crippen molar-refractivity contribution in [2.75, 3.05) is 18.8 Å². The van der Waals surface area contributed by atoms with Gasteiger partial charge in [0.15, 0.2) is 0 Å². The second kappa shape index (κ2) is 8.51. The number of nitrogens with one attached hydrogen (secondary N) is 1. The Hall–Kier alpha value is -1.40. The van der Waals surface area contributed by atoms with E-state index in [1.807, 2.05) is 30.3 Å². The number of sulfonamides is 1. The topological polar surface area (TPSA) is 66.5 Å². The Morgan fingerprint density at radius 2 is 1.55 bits per heavy atom. The largest absolute Gasteiger partial charge is 0.350 e. The van der Waals surface area contributed by atoms with Gasteiger partial charge in [0.25, 0.3) is 0 Å². The Morgan fingerprint density at radius 3 is 2.13 bits per heavy atom.